The van der Waals surface area contributed by atoms with Crippen molar-refractivity contribution in [2.24, 2.45) is 0 Å². The molecule has 2 aromatic rings. The average molecular weight is 189 g/mol. The van der Waals surface area contributed by atoms with Gasteiger partial charge in [-0.15, -0.1) is 0 Å². The van der Waals surface area contributed by atoms with Crippen molar-refractivity contribution >= 4 is 16.7 Å². The molecule has 72 valence electrons. The van der Waals surface area contributed by atoms with Crippen molar-refractivity contribution in [2.45, 2.75) is 13.7 Å². The Bertz CT molecular complexity index is 485. The van der Waals surface area contributed by atoms with Gasteiger partial charge in [0.05, 0.1) is 5.52 Å². The molecule has 0 amide bonds. The molecule has 0 aliphatic carbocycles. The van der Waals surface area contributed by atoms with Gasteiger partial charge in [-0.3, -0.25) is 4.79 Å². The maximum atomic E-state index is 11.3. The predicted molar refractivity (Wildman–Crippen MR) is 54.2 cm³/mol. The minimum absolute atomic E-state index is 0.0217. The van der Waals surface area contributed by atoms with Crippen LogP contribution in [0.25, 0.3) is 10.9 Å². The van der Waals surface area contributed by atoms with Crippen molar-refractivity contribution in [1.82, 2.24) is 4.57 Å². The maximum absolute atomic E-state index is 11.3. The number of para-hydroxylation sites is 1. The maximum Gasteiger partial charge on any atom is 0.161 e. The molecule has 0 saturated heterocycles. The summed E-state index contributed by atoms with van der Waals surface area (Å²) in [5.74, 6) is 0.0217. The lowest BCUT2D eigenvalue weighted by molar-refractivity contribution is 0.101. The smallest absolute Gasteiger partial charge is 0.161 e. The molecule has 0 bridgehead atoms. The van der Waals surface area contributed by atoms with E-state index in [1.54, 1.807) is 10.8 Å². The minimum Gasteiger partial charge on any atom is -0.376 e. The van der Waals surface area contributed by atoms with E-state index in [0.29, 0.717) is 5.56 Å². The second-order valence-electron chi connectivity index (χ2n) is 3.23. The van der Waals surface area contributed by atoms with E-state index in [1.807, 2.05) is 24.3 Å². The summed E-state index contributed by atoms with van der Waals surface area (Å²) < 4.78 is 1.66. The number of carbonyl (C=O) groups excluding carboxylic acids is 1. The third-order valence-corrected chi connectivity index (χ3v) is 2.32. The zero-order valence-corrected chi connectivity index (χ0v) is 7.90. The van der Waals surface area contributed by atoms with E-state index >= 15 is 0 Å². The second kappa shape index (κ2) is 3.27. The van der Waals surface area contributed by atoms with Gasteiger partial charge in [0.1, 0.15) is 6.73 Å². The fourth-order valence-electron chi connectivity index (χ4n) is 1.64. The van der Waals surface area contributed by atoms with Gasteiger partial charge >= 0.3 is 0 Å². The minimum atomic E-state index is -0.103. The Labute approximate surface area is 81.6 Å². The Hall–Kier alpha value is -1.61. The number of hydrogen-bond donors (Lipinski definition) is 1. The third-order valence-electron chi connectivity index (χ3n) is 2.32. The first kappa shape index (κ1) is 8.97. The molecule has 14 heavy (non-hydrogen) atoms. The van der Waals surface area contributed by atoms with Gasteiger partial charge in [-0.1, -0.05) is 18.2 Å². The van der Waals surface area contributed by atoms with E-state index in [1.165, 1.54) is 6.92 Å². The van der Waals surface area contributed by atoms with Crippen LogP contribution in [0.2, 0.25) is 0 Å². The number of hydrogen-bond acceptors (Lipinski definition) is 2. The zero-order chi connectivity index (χ0) is 10.1. The number of rotatable bonds is 2. The number of Topliss-reactive ketones (excluding diaryl/α,β-unsaturated/α-hetero) is 1. The lowest BCUT2D eigenvalue weighted by atomic mass is 10.1. The summed E-state index contributed by atoms with van der Waals surface area (Å²) in [5.41, 5.74) is 1.55. The van der Waals surface area contributed by atoms with Gasteiger partial charge in [0.25, 0.3) is 0 Å². The van der Waals surface area contributed by atoms with E-state index in [-0.39, 0.29) is 12.5 Å². The van der Waals surface area contributed by atoms with Crippen molar-refractivity contribution in [1.29, 1.82) is 0 Å². The summed E-state index contributed by atoms with van der Waals surface area (Å²) >= 11 is 0. The van der Waals surface area contributed by atoms with Crippen LogP contribution in [0.15, 0.2) is 30.5 Å². The largest absolute Gasteiger partial charge is 0.376 e. The van der Waals surface area contributed by atoms with Crippen molar-refractivity contribution in [3.63, 3.8) is 0 Å². The van der Waals surface area contributed by atoms with Gasteiger partial charge in [-0.25, -0.2) is 0 Å². The molecule has 1 heterocycles. The second-order valence-corrected chi connectivity index (χ2v) is 3.23. The van der Waals surface area contributed by atoms with Gasteiger partial charge in [0.2, 0.25) is 0 Å². The SMILES string of the molecule is CC(=O)c1cn(CO)c2ccccc12. The third kappa shape index (κ3) is 1.22. The molecule has 0 saturated carbocycles. The molecule has 0 fully saturated rings. The van der Waals surface area contributed by atoms with Gasteiger partial charge in [0, 0.05) is 17.1 Å². The van der Waals surface area contributed by atoms with Gasteiger partial charge in [-0.2, -0.15) is 0 Å². The Morgan fingerprint density at radius 1 is 1.43 bits per heavy atom. The number of nitrogens with zero attached hydrogens (tertiary/aromatic N) is 1. The van der Waals surface area contributed by atoms with Gasteiger partial charge in [0.15, 0.2) is 5.78 Å². The van der Waals surface area contributed by atoms with Crippen molar-refractivity contribution in [2.75, 3.05) is 0 Å². The molecule has 0 aliphatic rings. The Kier molecular flexibility index (Phi) is 2.09. The molecule has 1 N–H and O–H groups in total. The van der Waals surface area contributed by atoms with E-state index in [4.69, 9.17) is 5.11 Å². The molecule has 0 aliphatic heterocycles. The highest BCUT2D eigenvalue weighted by atomic mass is 16.3. The summed E-state index contributed by atoms with van der Waals surface area (Å²) in [7, 11) is 0. The van der Waals surface area contributed by atoms with Crippen LogP contribution in [-0.2, 0) is 6.73 Å². The predicted octanol–water partition coefficient (Wildman–Crippen LogP) is 1.79. The molecule has 0 atom stereocenters. The monoisotopic (exact) mass is 189 g/mol. The van der Waals surface area contributed by atoms with Crippen molar-refractivity contribution in [3.05, 3.63) is 36.0 Å². The highest BCUT2D eigenvalue weighted by molar-refractivity contribution is 6.06. The van der Waals surface area contributed by atoms with E-state index in [2.05, 4.69) is 0 Å². The summed E-state index contributed by atoms with van der Waals surface area (Å²) in [4.78, 5) is 11.3. The quantitative estimate of drug-likeness (QED) is 0.732. The van der Waals surface area contributed by atoms with Crippen LogP contribution in [0.1, 0.15) is 17.3 Å². The molecule has 3 heteroatoms. The summed E-state index contributed by atoms with van der Waals surface area (Å²) in [5, 5.41) is 9.98. The van der Waals surface area contributed by atoms with Crippen LogP contribution in [0.5, 0.6) is 0 Å². The van der Waals surface area contributed by atoms with Crippen LogP contribution in [0, 0.1) is 0 Å². The highest BCUT2D eigenvalue weighted by Crippen LogP contribution is 2.21. The topological polar surface area (TPSA) is 42.2 Å². The fraction of sp³-hybridized carbons (Fsp3) is 0.182. The van der Waals surface area contributed by atoms with Crippen LogP contribution >= 0.6 is 0 Å². The van der Waals surface area contributed by atoms with Crippen LogP contribution in [0.3, 0.4) is 0 Å². The van der Waals surface area contributed by atoms with Crippen LogP contribution in [-0.4, -0.2) is 15.5 Å². The lowest BCUT2D eigenvalue weighted by Gasteiger charge is -1.97. The van der Waals surface area contributed by atoms with E-state index < -0.39 is 0 Å². The number of ketones is 1. The molecule has 0 radical (unpaired) electrons. The van der Waals surface area contributed by atoms with Crippen molar-refractivity contribution in [3.8, 4) is 0 Å². The molecule has 1 aromatic carbocycles. The van der Waals surface area contributed by atoms with Gasteiger partial charge in [-0.05, 0) is 13.0 Å². The molecule has 3 nitrogen and oxygen atoms in total. The molecule has 0 unspecified atom stereocenters. The number of benzene rings is 1. The molecule has 2 rings (SSSR count). The first-order valence-electron chi connectivity index (χ1n) is 4.43. The Morgan fingerprint density at radius 3 is 2.79 bits per heavy atom. The van der Waals surface area contributed by atoms with E-state index in [0.717, 1.165) is 10.9 Å². The van der Waals surface area contributed by atoms with Crippen LogP contribution in [0.4, 0.5) is 0 Å². The standard InChI is InChI=1S/C11H11NO2/c1-8(14)10-6-12(7-13)11-5-3-2-4-9(10)11/h2-6,13H,7H2,1H3. The Balaban J connectivity index is 2.80. The first-order chi connectivity index (χ1) is 6.74. The molecule has 1 aromatic heterocycles. The number of aromatic nitrogens is 1. The summed E-state index contributed by atoms with van der Waals surface area (Å²) in [6.45, 7) is 1.43. The molecular formula is C11H11NO2. The normalized spacial score (nSPS) is 10.7. The highest BCUT2D eigenvalue weighted by Gasteiger charge is 2.09. The summed E-state index contributed by atoms with van der Waals surface area (Å²) in [6.07, 6.45) is 1.69. The Morgan fingerprint density at radius 2 is 2.14 bits per heavy atom. The molecule has 0 spiro atoms. The summed E-state index contributed by atoms with van der Waals surface area (Å²) in [6, 6.07) is 7.55. The lowest BCUT2D eigenvalue weighted by Crippen LogP contribution is -1.94. The number of aliphatic hydroxyl groups excluding tert-OH is 1. The average Bonchev–Trinajstić information content (AvgIpc) is 2.56. The van der Waals surface area contributed by atoms with Crippen molar-refractivity contribution < 1.29 is 9.90 Å². The fourth-order valence-corrected chi connectivity index (χ4v) is 1.64. The number of aliphatic hydroxyl groups is 1. The number of fused-ring (bicyclic) bond motifs is 1. The van der Waals surface area contributed by atoms with E-state index in [9.17, 15) is 4.79 Å². The zero-order valence-electron chi connectivity index (χ0n) is 7.90. The van der Waals surface area contributed by atoms with Gasteiger partial charge < -0.3 is 9.67 Å². The number of carbonyl (C=O) groups is 1. The molecular weight excluding hydrogens is 178 g/mol. The van der Waals surface area contributed by atoms with Crippen LogP contribution < -0.4 is 0 Å². The first-order valence-corrected chi connectivity index (χ1v) is 4.43.